The lowest BCUT2D eigenvalue weighted by Crippen LogP contribution is -2.15. The molecule has 6 heteroatoms. The topological polar surface area (TPSA) is 41.1 Å². The van der Waals surface area contributed by atoms with Crippen LogP contribution in [0, 0.1) is 0 Å². The van der Waals surface area contributed by atoms with Gasteiger partial charge in [-0.2, -0.15) is 13.2 Å². The van der Waals surface area contributed by atoms with Gasteiger partial charge in [-0.25, -0.2) is 0 Å². The van der Waals surface area contributed by atoms with Crippen molar-refractivity contribution in [1.29, 1.82) is 0 Å². The van der Waals surface area contributed by atoms with Crippen LogP contribution in [0.15, 0.2) is 55.1 Å². The number of carbonyl (C=O) groups excluding carboxylic acids is 1. The molecule has 1 unspecified atom stereocenters. The molecule has 1 amide bonds. The third kappa shape index (κ3) is 3.99. The van der Waals surface area contributed by atoms with Crippen LogP contribution in [0.25, 0.3) is 0 Å². The van der Waals surface area contributed by atoms with Gasteiger partial charge in [0.25, 0.3) is 0 Å². The summed E-state index contributed by atoms with van der Waals surface area (Å²) >= 11 is 0. The first-order valence-electron chi connectivity index (χ1n) is 8.62. The van der Waals surface area contributed by atoms with Gasteiger partial charge in [0.2, 0.25) is 5.91 Å². The number of rotatable bonds is 4. The maximum atomic E-state index is 13.0. The SMILES string of the molecule is C=CC(=O)Nc1ccc2c(c1)C(C)(C)CC2Nc1cccc(C(F)(F)F)c1. The van der Waals surface area contributed by atoms with E-state index in [1.807, 2.05) is 12.1 Å². The molecule has 27 heavy (non-hydrogen) atoms. The van der Waals surface area contributed by atoms with Crippen LogP contribution in [0.5, 0.6) is 0 Å². The summed E-state index contributed by atoms with van der Waals surface area (Å²) in [5.41, 5.74) is 2.34. The number of amides is 1. The zero-order valence-electron chi connectivity index (χ0n) is 15.2. The van der Waals surface area contributed by atoms with E-state index in [-0.39, 0.29) is 17.4 Å². The molecule has 0 fully saturated rings. The highest BCUT2D eigenvalue weighted by molar-refractivity contribution is 5.99. The van der Waals surface area contributed by atoms with Crippen molar-refractivity contribution in [2.24, 2.45) is 0 Å². The Bertz CT molecular complexity index is 887. The summed E-state index contributed by atoms with van der Waals surface area (Å²) < 4.78 is 38.9. The second kappa shape index (κ2) is 6.76. The number of halogens is 3. The summed E-state index contributed by atoms with van der Waals surface area (Å²) in [6.45, 7) is 7.60. The Labute approximate surface area is 156 Å². The highest BCUT2D eigenvalue weighted by Gasteiger charge is 2.37. The van der Waals surface area contributed by atoms with Crippen molar-refractivity contribution in [3.8, 4) is 0 Å². The van der Waals surface area contributed by atoms with Crippen LogP contribution in [0.1, 0.15) is 43.0 Å². The van der Waals surface area contributed by atoms with E-state index >= 15 is 0 Å². The molecule has 2 aromatic carbocycles. The first-order valence-corrected chi connectivity index (χ1v) is 8.62. The minimum absolute atomic E-state index is 0.109. The van der Waals surface area contributed by atoms with Crippen molar-refractivity contribution >= 4 is 17.3 Å². The molecule has 0 spiro atoms. The van der Waals surface area contributed by atoms with Gasteiger partial charge in [0.05, 0.1) is 11.6 Å². The molecule has 0 saturated heterocycles. The predicted molar refractivity (Wildman–Crippen MR) is 101 cm³/mol. The Morgan fingerprint density at radius 3 is 2.59 bits per heavy atom. The summed E-state index contributed by atoms with van der Waals surface area (Å²) in [4.78, 5) is 11.5. The second-order valence-corrected chi connectivity index (χ2v) is 7.36. The van der Waals surface area contributed by atoms with E-state index < -0.39 is 11.7 Å². The summed E-state index contributed by atoms with van der Waals surface area (Å²) in [6, 6.07) is 10.7. The van der Waals surface area contributed by atoms with Gasteiger partial charge in [-0.05, 0) is 59.4 Å². The van der Waals surface area contributed by atoms with E-state index in [4.69, 9.17) is 0 Å². The molecule has 2 N–H and O–H groups in total. The lowest BCUT2D eigenvalue weighted by Gasteiger charge is -2.20. The predicted octanol–water partition coefficient (Wildman–Crippen LogP) is 5.66. The van der Waals surface area contributed by atoms with Crippen LogP contribution in [-0.2, 0) is 16.4 Å². The lowest BCUT2D eigenvalue weighted by molar-refractivity contribution is -0.137. The first kappa shape index (κ1) is 19.0. The van der Waals surface area contributed by atoms with Gasteiger partial charge in [-0.1, -0.05) is 32.6 Å². The Balaban J connectivity index is 1.88. The maximum absolute atomic E-state index is 13.0. The van der Waals surface area contributed by atoms with Crippen molar-refractivity contribution < 1.29 is 18.0 Å². The number of nitrogens with one attached hydrogen (secondary N) is 2. The van der Waals surface area contributed by atoms with Crippen LogP contribution >= 0.6 is 0 Å². The van der Waals surface area contributed by atoms with E-state index in [0.29, 0.717) is 11.4 Å². The van der Waals surface area contributed by atoms with Crippen molar-refractivity contribution in [3.63, 3.8) is 0 Å². The average Bonchev–Trinajstić information content (AvgIpc) is 2.84. The van der Waals surface area contributed by atoms with E-state index in [2.05, 4.69) is 31.1 Å². The van der Waals surface area contributed by atoms with Gasteiger partial charge in [0, 0.05) is 11.4 Å². The molecule has 0 bridgehead atoms. The molecule has 1 atom stereocenters. The smallest absolute Gasteiger partial charge is 0.378 e. The zero-order valence-corrected chi connectivity index (χ0v) is 15.2. The molecule has 0 aliphatic heterocycles. The standard InChI is InChI=1S/C21H21F3N2O/c1-4-19(27)26-15-8-9-16-17(11-15)20(2,3)12-18(16)25-14-7-5-6-13(10-14)21(22,23)24/h4-11,18,25H,1,12H2,2-3H3,(H,26,27). The summed E-state index contributed by atoms with van der Waals surface area (Å²) in [7, 11) is 0. The molecular weight excluding hydrogens is 353 g/mol. The number of alkyl halides is 3. The number of anilines is 2. The zero-order chi connectivity index (χ0) is 19.8. The van der Waals surface area contributed by atoms with Crippen LogP contribution in [-0.4, -0.2) is 5.91 Å². The monoisotopic (exact) mass is 374 g/mol. The highest BCUT2D eigenvalue weighted by Crippen LogP contribution is 2.47. The van der Waals surface area contributed by atoms with Gasteiger partial charge in [-0.15, -0.1) is 0 Å². The van der Waals surface area contributed by atoms with E-state index in [9.17, 15) is 18.0 Å². The van der Waals surface area contributed by atoms with Crippen molar-refractivity contribution in [2.75, 3.05) is 10.6 Å². The fraction of sp³-hybridized carbons (Fsp3) is 0.286. The van der Waals surface area contributed by atoms with Crippen LogP contribution < -0.4 is 10.6 Å². The third-order valence-corrected chi connectivity index (χ3v) is 4.86. The fourth-order valence-corrected chi connectivity index (χ4v) is 3.56. The molecule has 0 radical (unpaired) electrons. The molecule has 3 nitrogen and oxygen atoms in total. The second-order valence-electron chi connectivity index (χ2n) is 7.36. The molecular formula is C21H21F3N2O. The molecule has 0 heterocycles. The number of fused-ring (bicyclic) bond motifs is 1. The summed E-state index contributed by atoms with van der Waals surface area (Å²) in [5.74, 6) is -0.288. The number of hydrogen-bond donors (Lipinski definition) is 2. The van der Waals surface area contributed by atoms with Gasteiger partial charge in [0.15, 0.2) is 0 Å². The molecule has 142 valence electrons. The van der Waals surface area contributed by atoms with Gasteiger partial charge in [-0.3, -0.25) is 4.79 Å². The number of carbonyl (C=O) groups is 1. The van der Waals surface area contributed by atoms with Crippen LogP contribution in [0.3, 0.4) is 0 Å². The largest absolute Gasteiger partial charge is 0.416 e. The minimum atomic E-state index is -4.37. The Morgan fingerprint density at radius 1 is 1.19 bits per heavy atom. The molecule has 3 rings (SSSR count). The van der Waals surface area contributed by atoms with Crippen LogP contribution in [0.4, 0.5) is 24.5 Å². The Hall–Kier alpha value is -2.76. The van der Waals surface area contributed by atoms with Crippen molar-refractivity contribution in [3.05, 3.63) is 71.8 Å². The molecule has 0 aromatic heterocycles. The minimum Gasteiger partial charge on any atom is -0.378 e. The van der Waals surface area contributed by atoms with Gasteiger partial charge >= 0.3 is 6.18 Å². The van der Waals surface area contributed by atoms with Gasteiger partial charge < -0.3 is 10.6 Å². The molecule has 0 saturated carbocycles. The quantitative estimate of drug-likeness (QED) is 0.678. The molecule has 2 aromatic rings. The normalized spacial score (nSPS) is 17.9. The maximum Gasteiger partial charge on any atom is 0.416 e. The Kier molecular flexibility index (Phi) is 4.76. The first-order chi connectivity index (χ1) is 12.6. The van der Waals surface area contributed by atoms with Gasteiger partial charge in [0.1, 0.15) is 0 Å². The fourth-order valence-electron chi connectivity index (χ4n) is 3.56. The van der Waals surface area contributed by atoms with E-state index in [1.165, 1.54) is 12.1 Å². The third-order valence-electron chi connectivity index (χ3n) is 4.86. The lowest BCUT2D eigenvalue weighted by atomic mass is 9.86. The number of hydrogen-bond acceptors (Lipinski definition) is 2. The number of benzene rings is 2. The Morgan fingerprint density at radius 2 is 1.93 bits per heavy atom. The van der Waals surface area contributed by atoms with Crippen molar-refractivity contribution in [1.82, 2.24) is 0 Å². The molecule has 1 aliphatic carbocycles. The van der Waals surface area contributed by atoms with E-state index in [0.717, 1.165) is 29.7 Å². The summed E-state index contributed by atoms with van der Waals surface area (Å²) in [5, 5.41) is 5.98. The highest BCUT2D eigenvalue weighted by atomic mass is 19.4. The van der Waals surface area contributed by atoms with Crippen LogP contribution in [0.2, 0.25) is 0 Å². The van der Waals surface area contributed by atoms with E-state index in [1.54, 1.807) is 12.1 Å². The molecule has 1 aliphatic rings. The van der Waals surface area contributed by atoms with Crippen molar-refractivity contribution in [2.45, 2.75) is 37.9 Å². The average molecular weight is 374 g/mol. The summed E-state index contributed by atoms with van der Waals surface area (Å²) in [6.07, 6.45) is -2.43.